The van der Waals surface area contributed by atoms with Gasteiger partial charge >= 0.3 is 5.97 Å². The Labute approximate surface area is 79.1 Å². The number of rotatable bonds is 0. The van der Waals surface area contributed by atoms with Gasteiger partial charge in [-0.25, -0.2) is 4.79 Å². The average molecular weight is 264 g/mol. The number of carbonyl (C=O) groups is 1. The summed E-state index contributed by atoms with van der Waals surface area (Å²) in [6, 6.07) is 0. The Bertz CT molecular complexity index is 232. The molecule has 11 heavy (non-hydrogen) atoms. The third kappa shape index (κ3) is 1.19. The SMILES string of the molecule is O=C1OC2CCCCC2=C1I. The van der Waals surface area contributed by atoms with E-state index in [1.165, 1.54) is 18.4 Å². The molecule has 0 aromatic heterocycles. The molecule has 0 amide bonds. The van der Waals surface area contributed by atoms with Crippen LogP contribution in [0.25, 0.3) is 0 Å². The smallest absolute Gasteiger partial charge is 0.345 e. The second-order valence-electron chi connectivity index (χ2n) is 2.98. The van der Waals surface area contributed by atoms with Crippen molar-refractivity contribution in [2.45, 2.75) is 31.8 Å². The number of hydrogen-bond donors (Lipinski definition) is 0. The van der Waals surface area contributed by atoms with Gasteiger partial charge in [0.05, 0.1) is 0 Å². The van der Waals surface area contributed by atoms with Crippen molar-refractivity contribution >= 4 is 28.6 Å². The van der Waals surface area contributed by atoms with Crippen LogP contribution in [0.15, 0.2) is 9.15 Å². The van der Waals surface area contributed by atoms with E-state index in [4.69, 9.17) is 4.74 Å². The molecule has 0 saturated heterocycles. The molecule has 1 aliphatic carbocycles. The number of hydrogen-bond acceptors (Lipinski definition) is 2. The highest BCUT2D eigenvalue weighted by Crippen LogP contribution is 2.36. The quantitative estimate of drug-likeness (QED) is 0.495. The van der Waals surface area contributed by atoms with Gasteiger partial charge in [-0.05, 0) is 53.8 Å². The second kappa shape index (κ2) is 2.77. The molecule has 0 N–H and O–H groups in total. The molecule has 2 aliphatic rings. The summed E-state index contributed by atoms with van der Waals surface area (Å²) in [7, 11) is 0. The van der Waals surface area contributed by atoms with E-state index in [9.17, 15) is 4.79 Å². The Morgan fingerprint density at radius 3 is 3.00 bits per heavy atom. The zero-order chi connectivity index (χ0) is 7.84. The molecule has 0 aromatic rings. The minimum atomic E-state index is -0.104. The van der Waals surface area contributed by atoms with Gasteiger partial charge < -0.3 is 4.74 Å². The van der Waals surface area contributed by atoms with E-state index in [0.29, 0.717) is 0 Å². The molecule has 0 spiro atoms. The van der Waals surface area contributed by atoms with Crippen LogP contribution in [0.1, 0.15) is 25.7 Å². The molecule has 2 nitrogen and oxygen atoms in total. The van der Waals surface area contributed by atoms with Crippen molar-refractivity contribution in [1.82, 2.24) is 0 Å². The summed E-state index contributed by atoms with van der Waals surface area (Å²) >= 11 is 2.10. The molecule has 0 aromatic carbocycles. The van der Waals surface area contributed by atoms with Crippen LogP contribution in [0.5, 0.6) is 0 Å². The van der Waals surface area contributed by atoms with Gasteiger partial charge in [-0.2, -0.15) is 0 Å². The van der Waals surface area contributed by atoms with Crippen LogP contribution in [0.4, 0.5) is 0 Å². The highest BCUT2D eigenvalue weighted by atomic mass is 127. The Kier molecular flexibility index (Phi) is 1.91. The summed E-state index contributed by atoms with van der Waals surface area (Å²) in [5.74, 6) is -0.104. The number of halogens is 1. The Morgan fingerprint density at radius 2 is 2.27 bits per heavy atom. The largest absolute Gasteiger partial charge is 0.454 e. The van der Waals surface area contributed by atoms with Crippen molar-refractivity contribution in [2.24, 2.45) is 0 Å². The fourth-order valence-corrected chi connectivity index (χ4v) is 2.42. The third-order valence-electron chi connectivity index (χ3n) is 2.26. The van der Waals surface area contributed by atoms with E-state index >= 15 is 0 Å². The third-order valence-corrected chi connectivity index (χ3v) is 3.39. The van der Waals surface area contributed by atoms with Crippen molar-refractivity contribution in [2.75, 3.05) is 0 Å². The van der Waals surface area contributed by atoms with Crippen LogP contribution in [0, 0.1) is 0 Å². The maximum atomic E-state index is 11.1. The first kappa shape index (κ1) is 7.58. The highest BCUT2D eigenvalue weighted by Gasteiger charge is 2.33. The van der Waals surface area contributed by atoms with E-state index in [1.807, 2.05) is 0 Å². The fourth-order valence-electron chi connectivity index (χ4n) is 1.67. The number of carbonyl (C=O) groups excluding carboxylic acids is 1. The summed E-state index contributed by atoms with van der Waals surface area (Å²) in [4.78, 5) is 11.1. The van der Waals surface area contributed by atoms with Gasteiger partial charge in [0.25, 0.3) is 0 Å². The molecule has 1 unspecified atom stereocenters. The molecule has 60 valence electrons. The van der Waals surface area contributed by atoms with Gasteiger partial charge in [0.1, 0.15) is 9.68 Å². The highest BCUT2D eigenvalue weighted by molar-refractivity contribution is 14.1. The van der Waals surface area contributed by atoms with Crippen LogP contribution in [0.3, 0.4) is 0 Å². The van der Waals surface area contributed by atoms with E-state index in [0.717, 1.165) is 16.4 Å². The summed E-state index contributed by atoms with van der Waals surface area (Å²) in [6.07, 6.45) is 4.66. The molecule has 2 rings (SSSR count). The van der Waals surface area contributed by atoms with Gasteiger partial charge in [-0.3, -0.25) is 0 Å². The molecule has 1 atom stereocenters. The zero-order valence-electron chi connectivity index (χ0n) is 6.10. The zero-order valence-corrected chi connectivity index (χ0v) is 8.26. The topological polar surface area (TPSA) is 26.3 Å². The van der Waals surface area contributed by atoms with Crippen LogP contribution in [0.2, 0.25) is 0 Å². The molecule has 1 heterocycles. The second-order valence-corrected chi connectivity index (χ2v) is 4.06. The minimum Gasteiger partial charge on any atom is -0.454 e. The summed E-state index contributed by atoms with van der Waals surface area (Å²) in [5, 5.41) is 0. The van der Waals surface area contributed by atoms with Crippen molar-refractivity contribution in [1.29, 1.82) is 0 Å². The van der Waals surface area contributed by atoms with Gasteiger partial charge in [0.15, 0.2) is 0 Å². The molecule has 1 fully saturated rings. The Morgan fingerprint density at radius 1 is 1.45 bits per heavy atom. The standard InChI is InChI=1S/C8H9IO2/c9-7-5-3-1-2-4-6(5)11-8(7)10/h6H,1-4H2. The number of esters is 1. The summed E-state index contributed by atoms with van der Waals surface area (Å²) < 4.78 is 6.00. The first-order valence-electron chi connectivity index (χ1n) is 3.88. The lowest BCUT2D eigenvalue weighted by Crippen LogP contribution is -2.15. The number of fused-ring (bicyclic) bond motifs is 1. The van der Waals surface area contributed by atoms with Gasteiger partial charge in [-0.15, -0.1) is 0 Å². The van der Waals surface area contributed by atoms with Crippen LogP contribution in [-0.2, 0) is 9.53 Å². The molecule has 1 saturated carbocycles. The van der Waals surface area contributed by atoms with Crippen molar-refractivity contribution in [3.05, 3.63) is 9.15 Å². The predicted octanol–water partition coefficient (Wildman–Crippen LogP) is 2.17. The first-order valence-corrected chi connectivity index (χ1v) is 4.96. The van der Waals surface area contributed by atoms with E-state index in [2.05, 4.69) is 22.6 Å². The molecule has 0 bridgehead atoms. The van der Waals surface area contributed by atoms with Gasteiger partial charge in [0.2, 0.25) is 0 Å². The lowest BCUT2D eigenvalue weighted by molar-refractivity contribution is -0.139. The van der Waals surface area contributed by atoms with Gasteiger partial charge in [0, 0.05) is 0 Å². The predicted molar refractivity (Wildman–Crippen MR) is 49.4 cm³/mol. The number of ether oxygens (including phenoxy) is 1. The van der Waals surface area contributed by atoms with Crippen molar-refractivity contribution < 1.29 is 9.53 Å². The Hall–Kier alpha value is -0.0600. The maximum Gasteiger partial charge on any atom is 0.345 e. The van der Waals surface area contributed by atoms with Crippen molar-refractivity contribution in [3.8, 4) is 0 Å². The monoisotopic (exact) mass is 264 g/mol. The lowest BCUT2D eigenvalue weighted by atomic mass is 9.93. The van der Waals surface area contributed by atoms with Crippen LogP contribution in [-0.4, -0.2) is 12.1 Å². The van der Waals surface area contributed by atoms with E-state index < -0.39 is 0 Å². The van der Waals surface area contributed by atoms with Crippen LogP contribution >= 0.6 is 22.6 Å². The van der Waals surface area contributed by atoms with E-state index in [1.54, 1.807) is 0 Å². The molecule has 0 radical (unpaired) electrons. The molecular formula is C8H9IO2. The van der Waals surface area contributed by atoms with Crippen molar-refractivity contribution in [3.63, 3.8) is 0 Å². The first-order chi connectivity index (χ1) is 5.29. The van der Waals surface area contributed by atoms with Gasteiger partial charge in [-0.1, -0.05) is 0 Å². The molecule has 3 heteroatoms. The van der Waals surface area contributed by atoms with E-state index in [-0.39, 0.29) is 12.1 Å². The minimum absolute atomic E-state index is 0.104. The molecular weight excluding hydrogens is 255 g/mol. The normalized spacial score (nSPS) is 30.3. The summed E-state index contributed by atoms with van der Waals surface area (Å²) in [6.45, 7) is 0. The molecule has 1 aliphatic heterocycles. The maximum absolute atomic E-state index is 11.1. The summed E-state index contributed by atoms with van der Waals surface area (Å²) in [5.41, 5.74) is 1.25. The average Bonchev–Trinajstić information content (AvgIpc) is 2.30. The fraction of sp³-hybridized carbons (Fsp3) is 0.625. The lowest BCUT2D eigenvalue weighted by Gasteiger charge is -2.18. The Balaban J connectivity index is 2.28. The van der Waals surface area contributed by atoms with Crippen LogP contribution < -0.4 is 0 Å².